The van der Waals surface area contributed by atoms with Gasteiger partial charge in [0.15, 0.2) is 0 Å². The van der Waals surface area contributed by atoms with Gasteiger partial charge in [0.2, 0.25) is 0 Å². The molecule has 1 rings (SSSR count). The van der Waals surface area contributed by atoms with Gasteiger partial charge in [-0.15, -0.1) is 0 Å². The first-order chi connectivity index (χ1) is 15.3. The fourth-order valence-corrected chi connectivity index (χ4v) is 3.71. The van der Waals surface area contributed by atoms with Gasteiger partial charge in [0.05, 0.1) is 6.61 Å². The number of unbranched alkanes of at least 4 members (excludes halogenated alkanes) is 15. The van der Waals surface area contributed by atoms with Gasteiger partial charge in [0, 0.05) is 21.2 Å². The summed E-state index contributed by atoms with van der Waals surface area (Å²) >= 11 is 0. The fraction of sp³-hybridized carbons (Fsp3) is 0.750. The van der Waals surface area contributed by atoms with Gasteiger partial charge in [-0.2, -0.15) is 0 Å². The summed E-state index contributed by atoms with van der Waals surface area (Å²) in [6.07, 6.45) is 21.4. The van der Waals surface area contributed by atoms with Gasteiger partial charge in [0.1, 0.15) is 5.75 Å². The van der Waals surface area contributed by atoms with Crippen molar-refractivity contribution in [1.82, 2.24) is 0 Å². The highest BCUT2D eigenvalue weighted by Crippen LogP contribution is 2.28. The smallest absolute Gasteiger partial charge is 0.120 e. The summed E-state index contributed by atoms with van der Waals surface area (Å²) in [5.74, 6) is 0.563. The Labute approximate surface area is 187 Å². The van der Waals surface area contributed by atoms with E-state index in [9.17, 15) is 0 Å². The van der Waals surface area contributed by atoms with Crippen molar-refractivity contribution < 1.29 is 4.74 Å². The molecule has 0 N–H and O–H groups in total. The van der Waals surface area contributed by atoms with Crippen molar-refractivity contribution in [2.24, 2.45) is 10.2 Å². The van der Waals surface area contributed by atoms with E-state index in [1.54, 1.807) is 12.1 Å². The summed E-state index contributed by atoms with van der Waals surface area (Å²) in [6.45, 7) is 2.88. The fourth-order valence-electron chi connectivity index (χ4n) is 3.71. The molecule has 7 nitrogen and oxygen atoms in total. The molecule has 0 unspecified atom stereocenters. The Morgan fingerprint density at radius 2 is 1.00 bits per heavy atom. The Hall–Kier alpha value is -2.36. The normalized spacial score (nSPS) is 10.4. The van der Waals surface area contributed by atoms with E-state index < -0.39 is 0 Å². The lowest BCUT2D eigenvalue weighted by Crippen LogP contribution is -1.97. The number of hydrogen-bond acceptors (Lipinski definition) is 3. The summed E-state index contributed by atoms with van der Waals surface area (Å²) in [5.41, 5.74) is 17.9. The van der Waals surface area contributed by atoms with Gasteiger partial charge in [-0.1, -0.05) is 113 Å². The van der Waals surface area contributed by atoms with Crippen LogP contribution in [0.5, 0.6) is 5.75 Å². The minimum Gasteiger partial charge on any atom is -0.494 e. The molecule has 1 aromatic carbocycles. The van der Waals surface area contributed by atoms with Crippen LogP contribution in [0, 0.1) is 0 Å². The van der Waals surface area contributed by atoms with Crippen molar-refractivity contribution in [3.63, 3.8) is 0 Å². The lowest BCUT2D eigenvalue weighted by Gasteiger charge is -2.08. The van der Waals surface area contributed by atoms with Crippen LogP contribution in [0.1, 0.15) is 110 Å². The Morgan fingerprint density at radius 3 is 1.39 bits per heavy atom. The zero-order chi connectivity index (χ0) is 22.4. The van der Waals surface area contributed by atoms with E-state index >= 15 is 0 Å². The van der Waals surface area contributed by atoms with E-state index in [4.69, 9.17) is 15.8 Å². The van der Waals surface area contributed by atoms with E-state index in [0.29, 0.717) is 23.7 Å². The summed E-state index contributed by atoms with van der Waals surface area (Å²) < 4.78 is 5.73. The molecule has 0 aromatic heterocycles. The average Bonchev–Trinajstić information content (AvgIpc) is 2.76. The van der Waals surface area contributed by atoms with Crippen LogP contribution in [0.25, 0.3) is 20.9 Å². The van der Waals surface area contributed by atoms with Gasteiger partial charge in [-0.25, -0.2) is 0 Å². The highest BCUT2D eigenvalue weighted by molar-refractivity contribution is 5.55. The predicted molar refractivity (Wildman–Crippen MR) is 129 cm³/mol. The highest BCUT2D eigenvalue weighted by atomic mass is 16.5. The van der Waals surface area contributed by atoms with Crippen LogP contribution in [0.3, 0.4) is 0 Å². The molecule has 0 atom stereocenters. The molecule has 0 saturated carbocycles. The first-order valence-electron chi connectivity index (χ1n) is 12.2. The zero-order valence-corrected chi connectivity index (χ0v) is 19.3. The Kier molecular flexibility index (Phi) is 16.9. The quantitative estimate of drug-likeness (QED) is 0.0875. The van der Waals surface area contributed by atoms with E-state index in [1.807, 2.05) is 0 Å². The molecule has 172 valence electrons. The highest BCUT2D eigenvalue weighted by Gasteiger charge is 2.01. The molecule has 31 heavy (non-hydrogen) atoms. The largest absolute Gasteiger partial charge is 0.494 e. The van der Waals surface area contributed by atoms with Crippen LogP contribution in [0.4, 0.5) is 11.4 Å². The molecule has 0 saturated heterocycles. The lowest BCUT2D eigenvalue weighted by molar-refractivity contribution is 0.304. The monoisotopic (exact) mass is 428 g/mol. The second-order valence-corrected chi connectivity index (χ2v) is 8.22. The van der Waals surface area contributed by atoms with Crippen molar-refractivity contribution in [2.45, 2.75) is 110 Å². The van der Waals surface area contributed by atoms with Crippen LogP contribution in [-0.2, 0) is 0 Å². The second kappa shape index (κ2) is 19.6. The third kappa shape index (κ3) is 15.1. The summed E-state index contributed by atoms with van der Waals surface area (Å²) in [6, 6.07) is 4.84. The van der Waals surface area contributed by atoms with Gasteiger partial charge >= 0.3 is 0 Å². The minimum absolute atomic E-state index is 0.384. The van der Waals surface area contributed by atoms with E-state index in [0.717, 1.165) is 12.8 Å². The molecule has 0 spiro atoms. The third-order valence-corrected chi connectivity index (χ3v) is 5.46. The molecule has 0 heterocycles. The SMILES string of the molecule is CCCCCCCCCCCCCCCCCCOc1cc(N=[N+]=[N-])cc(N=[N+]=[N-])c1. The molecule has 0 aliphatic rings. The molecule has 1 aromatic rings. The van der Waals surface area contributed by atoms with Crippen LogP contribution < -0.4 is 4.74 Å². The topological polar surface area (TPSA) is 107 Å². The Bertz CT molecular complexity index is 644. The van der Waals surface area contributed by atoms with Gasteiger partial charge in [0.25, 0.3) is 0 Å². The molecular formula is C24H40N6O. The zero-order valence-electron chi connectivity index (χ0n) is 19.3. The van der Waals surface area contributed by atoms with Gasteiger partial charge < -0.3 is 4.74 Å². The summed E-state index contributed by atoms with van der Waals surface area (Å²) in [5, 5.41) is 7.11. The number of rotatable bonds is 20. The first-order valence-corrected chi connectivity index (χ1v) is 12.2. The minimum atomic E-state index is 0.384. The maximum absolute atomic E-state index is 8.58. The van der Waals surface area contributed by atoms with E-state index in [1.165, 1.54) is 96.0 Å². The van der Waals surface area contributed by atoms with Gasteiger partial charge in [-0.3, -0.25) is 0 Å². The summed E-state index contributed by atoms with van der Waals surface area (Å²) in [4.78, 5) is 5.53. The lowest BCUT2D eigenvalue weighted by atomic mass is 10.0. The van der Waals surface area contributed by atoms with Crippen molar-refractivity contribution >= 4 is 11.4 Å². The maximum atomic E-state index is 8.58. The molecule has 0 radical (unpaired) electrons. The van der Waals surface area contributed by atoms with Crippen molar-refractivity contribution in [1.29, 1.82) is 0 Å². The molecule has 0 bridgehead atoms. The average molecular weight is 429 g/mol. The number of azide groups is 2. The number of hydrogen-bond donors (Lipinski definition) is 0. The third-order valence-electron chi connectivity index (χ3n) is 5.46. The van der Waals surface area contributed by atoms with Crippen molar-refractivity contribution in [2.75, 3.05) is 6.61 Å². The number of ether oxygens (including phenoxy) is 1. The van der Waals surface area contributed by atoms with Crippen LogP contribution in [0.2, 0.25) is 0 Å². The van der Waals surface area contributed by atoms with Crippen molar-refractivity contribution in [3.05, 3.63) is 39.1 Å². The van der Waals surface area contributed by atoms with Crippen LogP contribution in [-0.4, -0.2) is 6.61 Å². The Balaban J connectivity index is 1.97. The van der Waals surface area contributed by atoms with E-state index in [-0.39, 0.29) is 0 Å². The number of benzene rings is 1. The molecule has 0 amide bonds. The van der Waals surface area contributed by atoms with Gasteiger partial charge in [-0.05, 0) is 35.7 Å². The summed E-state index contributed by atoms with van der Waals surface area (Å²) in [7, 11) is 0. The maximum Gasteiger partial charge on any atom is 0.120 e. The molecular weight excluding hydrogens is 388 g/mol. The van der Waals surface area contributed by atoms with Crippen LogP contribution >= 0.6 is 0 Å². The predicted octanol–water partition coefficient (Wildman–Crippen LogP) is 10.2. The van der Waals surface area contributed by atoms with Crippen molar-refractivity contribution in [3.8, 4) is 5.75 Å². The van der Waals surface area contributed by atoms with Crippen LogP contribution in [0.15, 0.2) is 28.4 Å². The number of nitrogens with zero attached hydrogens (tertiary/aromatic N) is 6. The Morgan fingerprint density at radius 1 is 0.613 bits per heavy atom. The first kappa shape index (κ1) is 26.7. The second-order valence-electron chi connectivity index (χ2n) is 8.22. The molecule has 0 aliphatic heterocycles. The standard InChI is InChI=1S/C24H40N6O/c1-2-3-4-5-6-7-8-9-10-11-12-13-14-15-16-17-18-31-24-20-22(27-29-25)19-23(21-24)28-30-26/h19-21H,2-18H2,1H3. The molecule has 7 heteroatoms. The van der Waals surface area contributed by atoms with E-state index in [2.05, 4.69) is 27.0 Å². The molecule has 0 fully saturated rings. The molecule has 0 aliphatic carbocycles.